The quantitative estimate of drug-likeness (QED) is 0.0230. The van der Waals surface area contributed by atoms with E-state index >= 15 is 0 Å². The third kappa shape index (κ3) is 40.2. The highest BCUT2D eigenvalue weighted by Gasteiger charge is 2.26. The molecule has 1 N–H and O–H groups in total. The maximum absolute atomic E-state index is 12.6. The molecule has 0 amide bonds. The molecule has 0 aromatic carbocycles. The summed E-state index contributed by atoms with van der Waals surface area (Å²) in [6, 6.07) is 0. The summed E-state index contributed by atoms with van der Waals surface area (Å²) < 4.78 is 34.7. The molecule has 0 bridgehead atoms. The number of hydrogen-bond donors (Lipinski definition) is 1. The fourth-order valence-corrected chi connectivity index (χ4v) is 5.11. The van der Waals surface area contributed by atoms with Gasteiger partial charge in [0.25, 0.3) is 0 Å². The fraction of sp³-hybridized carbons (Fsp3) is 0.568. The van der Waals surface area contributed by atoms with Gasteiger partial charge in [0.2, 0.25) is 0 Å². The summed E-state index contributed by atoms with van der Waals surface area (Å²) in [5, 5.41) is 0. The van der Waals surface area contributed by atoms with Crippen molar-refractivity contribution in [3.63, 3.8) is 0 Å². The highest BCUT2D eigenvalue weighted by molar-refractivity contribution is 7.47. The Labute approximate surface area is 323 Å². The molecule has 0 spiro atoms. The molecule has 0 saturated carbocycles. The molecular weight excluding hydrogens is 685 g/mol. The van der Waals surface area contributed by atoms with Gasteiger partial charge in [-0.25, -0.2) is 4.57 Å². The summed E-state index contributed by atoms with van der Waals surface area (Å²) in [6.07, 6.45) is 50.1. The highest BCUT2D eigenvalue weighted by atomic mass is 31.2. The number of likely N-dealkylation sites (N-methyl/N-ethyl adjacent to an activating group) is 1. The first-order chi connectivity index (χ1) is 25.6. The third-order valence-corrected chi connectivity index (χ3v) is 8.33. The highest BCUT2D eigenvalue weighted by Crippen LogP contribution is 2.43. The Kier molecular flexibility index (Phi) is 34.2. The number of allylic oxidation sites excluding steroid dienone is 17. The largest absolute Gasteiger partial charge is 0.472 e. The average molecular weight is 759 g/mol. The van der Waals surface area contributed by atoms with Gasteiger partial charge in [0.05, 0.1) is 41.0 Å². The van der Waals surface area contributed by atoms with Crippen LogP contribution in [0.15, 0.2) is 109 Å². The minimum absolute atomic E-state index is 0.0529. The van der Waals surface area contributed by atoms with E-state index in [2.05, 4.69) is 123 Å². The number of hydrogen-bond acceptors (Lipinski definition) is 6. The van der Waals surface area contributed by atoms with Gasteiger partial charge < -0.3 is 18.9 Å². The van der Waals surface area contributed by atoms with E-state index in [4.69, 9.17) is 18.5 Å². The lowest BCUT2D eigenvalue weighted by Crippen LogP contribution is -2.37. The number of quaternary nitrogens is 1. The van der Waals surface area contributed by atoms with Gasteiger partial charge in [0, 0.05) is 6.42 Å². The summed E-state index contributed by atoms with van der Waals surface area (Å²) >= 11 is 0. The van der Waals surface area contributed by atoms with Crippen molar-refractivity contribution in [2.45, 2.75) is 110 Å². The normalized spacial score (nSPS) is 15.1. The molecule has 0 aromatic rings. The summed E-state index contributed by atoms with van der Waals surface area (Å²) in [5.41, 5.74) is 0. The average Bonchev–Trinajstić information content (AvgIpc) is 3.11. The van der Waals surface area contributed by atoms with Crippen molar-refractivity contribution in [1.29, 1.82) is 0 Å². The number of phosphoric acid groups is 1. The molecule has 300 valence electrons. The van der Waals surface area contributed by atoms with E-state index in [1.54, 1.807) is 0 Å². The standard InChI is InChI=1S/C44H72NO7P/c1-6-8-10-12-14-16-18-20-22-24-26-28-30-32-34-36-39-49-41-43(42-51-53(47,48)50-40-38-45(3,4)5)52-44(46)37-35-33-31-29-27-25-23-21-19-17-15-13-11-9-7-2/h8-11,14-17,20-23,26-29,32,34,43H,6-7,12-13,18-19,24-25,30-31,33,35-42H2,1-5H3/p+1/b10-8-,11-9-,16-14-,17-15-,22-20-,23-21-,28-26-,29-27-,34-32-. The van der Waals surface area contributed by atoms with Crippen LogP contribution in [0.5, 0.6) is 0 Å². The molecule has 8 nitrogen and oxygen atoms in total. The van der Waals surface area contributed by atoms with E-state index in [9.17, 15) is 14.3 Å². The summed E-state index contributed by atoms with van der Waals surface area (Å²) in [6.45, 7) is 5.05. The molecular formula is C44H73NO7P+. The van der Waals surface area contributed by atoms with Crippen LogP contribution in [-0.4, -0.2) is 75.6 Å². The van der Waals surface area contributed by atoms with E-state index in [1.807, 2.05) is 21.1 Å². The number of unbranched alkanes of at least 4 members (excludes halogenated alkanes) is 2. The summed E-state index contributed by atoms with van der Waals surface area (Å²) in [7, 11) is 1.57. The van der Waals surface area contributed by atoms with E-state index < -0.39 is 13.9 Å². The Balaban J connectivity index is 4.53. The van der Waals surface area contributed by atoms with Crippen LogP contribution in [0, 0.1) is 0 Å². The number of nitrogens with zero attached hydrogens (tertiary/aromatic N) is 1. The Hall–Kier alpha value is -2.84. The molecule has 0 aliphatic rings. The Morgan fingerprint density at radius 1 is 0.585 bits per heavy atom. The van der Waals surface area contributed by atoms with Gasteiger partial charge in [-0.1, -0.05) is 123 Å². The minimum Gasteiger partial charge on any atom is -0.457 e. The topological polar surface area (TPSA) is 91.3 Å². The van der Waals surface area contributed by atoms with Gasteiger partial charge in [-0.2, -0.15) is 0 Å². The molecule has 2 atom stereocenters. The lowest BCUT2D eigenvalue weighted by atomic mass is 10.2. The maximum atomic E-state index is 12.6. The van der Waals surface area contributed by atoms with Crippen LogP contribution in [0.2, 0.25) is 0 Å². The monoisotopic (exact) mass is 759 g/mol. The molecule has 53 heavy (non-hydrogen) atoms. The van der Waals surface area contributed by atoms with E-state index in [1.165, 1.54) is 0 Å². The molecule has 2 unspecified atom stereocenters. The minimum atomic E-state index is -4.31. The predicted molar refractivity (Wildman–Crippen MR) is 224 cm³/mol. The number of rotatable bonds is 34. The molecule has 9 heteroatoms. The summed E-state index contributed by atoms with van der Waals surface area (Å²) in [5.74, 6) is -0.385. The molecule has 0 radical (unpaired) electrons. The van der Waals surface area contributed by atoms with Crippen LogP contribution in [0.25, 0.3) is 0 Å². The Morgan fingerprint density at radius 2 is 1.02 bits per heavy atom. The zero-order chi connectivity index (χ0) is 39.1. The van der Waals surface area contributed by atoms with Gasteiger partial charge in [0.1, 0.15) is 19.3 Å². The maximum Gasteiger partial charge on any atom is 0.472 e. The van der Waals surface area contributed by atoms with E-state index in [0.29, 0.717) is 30.5 Å². The molecule has 0 aromatic heterocycles. The molecule has 0 saturated heterocycles. The van der Waals surface area contributed by atoms with Crippen LogP contribution in [0.4, 0.5) is 0 Å². The first-order valence-corrected chi connectivity index (χ1v) is 21.1. The van der Waals surface area contributed by atoms with E-state index in [-0.39, 0.29) is 32.2 Å². The molecule has 0 fully saturated rings. The SMILES string of the molecule is CC/C=C\C/C=C\C/C=C\C/C=C\C/C=C\CCOCC(COP(=O)(O)OCC[N+](C)(C)C)OC(=O)CCCC/C=C\C/C=C\C/C=C\C/C=C\CC. The fourth-order valence-electron chi connectivity index (χ4n) is 4.37. The van der Waals surface area contributed by atoms with Gasteiger partial charge in [-0.05, 0) is 83.5 Å². The number of ether oxygens (including phenoxy) is 2. The van der Waals surface area contributed by atoms with Gasteiger partial charge in [0.15, 0.2) is 0 Å². The van der Waals surface area contributed by atoms with E-state index in [0.717, 1.165) is 70.6 Å². The second kappa shape index (κ2) is 36.2. The van der Waals surface area contributed by atoms with Crippen LogP contribution >= 0.6 is 7.82 Å². The van der Waals surface area contributed by atoms with Crippen LogP contribution < -0.4 is 0 Å². The van der Waals surface area contributed by atoms with Gasteiger partial charge in [-0.3, -0.25) is 13.8 Å². The lowest BCUT2D eigenvalue weighted by Gasteiger charge is -2.24. The van der Waals surface area contributed by atoms with Crippen molar-refractivity contribution in [1.82, 2.24) is 0 Å². The molecule has 0 aliphatic heterocycles. The number of phosphoric ester groups is 1. The smallest absolute Gasteiger partial charge is 0.457 e. The van der Waals surface area contributed by atoms with Crippen molar-refractivity contribution in [3.8, 4) is 0 Å². The number of esters is 1. The molecule has 0 rings (SSSR count). The van der Waals surface area contributed by atoms with Crippen molar-refractivity contribution in [2.24, 2.45) is 0 Å². The second-order valence-corrected chi connectivity index (χ2v) is 15.0. The number of carbonyl (C=O) groups is 1. The van der Waals surface area contributed by atoms with Crippen LogP contribution in [-0.2, 0) is 27.9 Å². The first-order valence-electron chi connectivity index (χ1n) is 19.6. The van der Waals surface area contributed by atoms with Crippen LogP contribution in [0.1, 0.15) is 104 Å². The van der Waals surface area contributed by atoms with Crippen molar-refractivity contribution in [3.05, 3.63) is 109 Å². The second-order valence-electron chi connectivity index (χ2n) is 13.5. The predicted octanol–water partition coefficient (Wildman–Crippen LogP) is 11.3. The van der Waals surface area contributed by atoms with Crippen molar-refractivity contribution >= 4 is 13.8 Å². The Morgan fingerprint density at radius 3 is 1.47 bits per heavy atom. The van der Waals surface area contributed by atoms with Gasteiger partial charge >= 0.3 is 13.8 Å². The lowest BCUT2D eigenvalue weighted by molar-refractivity contribution is -0.870. The van der Waals surface area contributed by atoms with Gasteiger partial charge in [-0.15, -0.1) is 0 Å². The molecule has 0 heterocycles. The summed E-state index contributed by atoms with van der Waals surface area (Å²) in [4.78, 5) is 22.8. The van der Waals surface area contributed by atoms with Crippen LogP contribution in [0.3, 0.4) is 0 Å². The first kappa shape index (κ1) is 50.2. The third-order valence-electron chi connectivity index (χ3n) is 7.35. The van der Waals surface area contributed by atoms with Crippen molar-refractivity contribution < 1.29 is 37.3 Å². The zero-order valence-electron chi connectivity index (χ0n) is 33.7. The molecule has 0 aliphatic carbocycles. The number of carbonyl (C=O) groups excluding carboxylic acids is 1. The zero-order valence-corrected chi connectivity index (χ0v) is 34.6. The Bertz CT molecular complexity index is 1200. The van der Waals surface area contributed by atoms with Crippen molar-refractivity contribution in [2.75, 3.05) is 54.1 Å².